The Balaban J connectivity index is 0.00000242. The van der Waals surface area contributed by atoms with Crippen molar-refractivity contribution in [2.45, 2.75) is 38.6 Å². The lowest BCUT2D eigenvalue weighted by Gasteiger charge is -2.38. The number of anilines is 1. The molecule has 1 aliphatic rings. The van der Waals surface area contributed by atoms with Gasteiger partial charge in [-0.05, 0) is 30.9 Å². The number of unbranched alkanes of at least 4 members (excludes halogenated alkanes) is 1. The molecule has 0 saturated carbocycles. The van der Waals surface area contributed by atoms with Gasteiger partial charge in [-0.25, -0.2) is 0 Å². The average molecular weight is 329 g/mol. The number of piperidine rings is 1. The number of ether oxygens (including phenoxy) is 2. The third-order valence-corrected chi connectivity index (χ3v) is 4.45. The van der Waals surface area contributed by atoms with Crippen molar-refractivity contribution >= 4 is 18.1 Å². The molecule has 2 N–H and O–H groups in total. The van der Waals surface area contributed by atoms with E-state index in [1.54, 1.807) is 14.2 Å². The van der Waals surface area contributed by atoms with E-state index in [4.69, 9.17) is 15.2 Å². The number of rotatable bonds is 6. The molecule has 1 fully saturated rings. The lowest BCUT2D eigenvalue weighted by atomic mass is 9.88. The van der Waals surface area contributed by atoms with Crippen molar-refractivity contribution in [3.63, 3.8) is 0 Å². The van der Waals surface area contributed by atoms with Crippen LogP contribution in [0.3, 0.4) is 0 Å². The molecule has 0 bridgehead atoms. The van der Waals surface area contributed by atoms with Crippen molar-refractivity contribution in [1.82, 2.24) is 0 Å². The van der Waals surface area contributed by atoms with Gasteiger partial charge in [0.15, 0.2) is 11.5 Å². The Morgan fingerprint density at radius 3 is 2.59 bits per heavy atom. The molecule has 1 aromatic rings. The number of nitrogens with zero attached hydrogens (tertiary/aromatic N) is 1. The summed E-state index contributed by atoms with van der Waals surface area (Å²) in [5.41, 5.74) is 7.49. The minimum absolute atomic E-state index is 0. The molecule has 0 amide bonds. The molecule has 2 rings (SSSR count). The summed E-state index contributed by atoms with van der Waals surface area (Å²) in [6, 6.07) is 6.48. The Morgan fingerprint density at radius 2 is 1.95 bits per heavy atom. The molecule has 1 saturated heterocycles. The van der Waals surface area contributed by atoms with Crippen LogP contribution in [-0.2, 0) is 0 Å². The van der Waals surface area contributed by atoms with E-state index in [2.05, 4.69) is 24.0 Å². The van der Waals surface area contributed by atoms with Crippen molar-refractivity contribution in [2.75, 3.05) is 32.2 Å². The van der Waals surface area contributed by atoms with E-state index in [9.17, 15) is 0 Å². The lowest BCUT2D eigenvalue weighted by Crippen LogP contribution is -2.47. The summed E-state index contributed by atoms with van der Waals surface area (Å²) in [7, 11) is 3.34. The van der Waals surface area contributed by atoms with Crippen LogP contribution in [0.25, 0.3) is 0 Å². The van der Waals surface area contributed by atoms with Crippen LogP contribution in [0.1, 0.15) is 32.6 Å². The molecule has 1 aromatic carbocycles. The first-order valence-electron chi connectivity index (χ1n) is 7.92. The highest BCUT2D eigenvalue weighted by Crippen LogP contribution is 2.33. The summed E-state index contributed by atoms with van der Waals surface area (Å²) < 4.78 is 10.7. The fraction of sp³-hybridized carbons (Fsp3) is 0.647. The van der Waals surface area contributed by atoms with Crippen LogP contribution in [0.4, 0.5) is 5.69 Å². The maximum absolute atomic E-state index is 6.29. The Labute approximate surface area is 140 Å². The highest BCUT2D eigenvalue weighted by Gasteiger charge is 2.26. The zero-order valence-electron chi connectivity index (χ0n) is 13.9. The molecular weight excluding hydrogens is 300 g/mol. The van der Waals surface area contributed by atoms with Crippen molar-refractivity contribution in [3.8, 4) is 11.5 Å². The molecule has 22 heavy (non-hydrogen) atoms. The topological polar surface area (TPSA) is 47.7 Å². The van der Waals surface area contributed by atoms with Crippen LogP contribution < -0.4 is 20.1 Å². The number of hydrogen-bond acceptors (Lipinski definition) is 4. The van der Waals surface area contributed by atoms with Gasteiger partial charge in [0, 0.05) is 30.9 Å². The maximum atomic E-state index is 6.29. The third kappa shape index (κ3) is 4.43. The summed E-state index contributed by atoms with van der Waals surface area (Å²) >= 11 is 0. The van der Waals surface area contributed by atoms with Crippen LogP contribution in [0.5, 0.6) is 11.5 Å². The lowest BCUT2D eigenvalue weighted by molar-refractivity contribution is 0.329. The second-order valence-electron chi connectivity index (χ2n) is 5.84. The normalized spacial score (nSPS) is 21.2. The molecule has 1 aliphatic heterocycles. The van der Waals surface area contributed by atoms with E-state index in [0.29, 0.717) is 12.0 Å². The van der Waals surface area contributed by atoms with Gasteiger partial charge in [0.1, 0.15) is 0 Å². The van der Waals surface area contributed by atoms with Gasteiger partial charge < -0.3 is 20.1 Å². The van der Waals surface area contributed by atoms with Crippen molar-refractivity contribution in [3.05, 3.63) is 18.2 Å². The number of benzene rings is 1. The first-order chi connectivity index (χ1) is 10.2. The van der Waals surface area contributed by atoms with E-state index in [1.165, 1.54) is 24.9 Å². The van der Waals surface area contributed by atoms with Crippen LogP contribution in [-0.4, -0.2) is 33.4 Å². The monoisotopic (exact) mass is 328 g/mol. The van der Waals surface area contributed by atoms with E-state index in [1.807, 2.05) is 6.07 Å². The Morgan fingerprint density at radius 1 is 1.23 bits per heavy atom. The van der Waals surface area contributed by atoms with Crippen LogP contribution >= 0.6 is 12.4 Å². The molecule has 126 valence electrons. The molecule has 1 heterocycles. The Bertz CT molecular complexity index is 456. The van der Waals surface area contributed by atoms with Gasteiger partial charge in [0.2, 0.25) is 0 Å². The van der Waals surface area contributed by atoms with Gasteiger partial charge in [-0.1, -0.05) is 19.8 Å². The molecule has 0 aromatic heterocycles. The summed E-state index contributed by atoms with van der Waals surface area (Å²) in [5, 5.41) is 0. The first kappa shape index (κ1) is 18.9. The smallest absolute Gasteiger partial charge is 0.162 e. The maximum Gasteiger partial charge on any atom is 0.162 e. The minimum atomic E-state index is 0. The van der Waals surface area contributed by atoms with E-state index in [-0.39, 0.29) is 12.4 Å². The van der Waals surface area contributed by atoms with Crippen LogP contribution in [0.15, 0.2) is 18.2 Å². The molecule has 0 radical (unpaired) electrons. The van der Waals surface area contributed by atoms with Crippen LogP contribution in [0.2, 0.25) is 0 Å². The zero-order chi connectivity index (χ0) is 15.2. The Kier molecular flexibility index (Phi) is 7.83. The Hall–Kier alpha value is -1.13. The average Bonchev–Trinajstić information content (AvgIpc) is 2.53. The molecule has 0 spiro atoms. The second kappa shape index (κ2) is 9.11. The molecule has 4 nitrogen and oxygen atoms in total. The largest absolute Gasteiger partial charge is 0.493 e. The van der Waals surface area contributed by atoms with Gasteiger partial charge in [0.05, 0.1) is 14.2 Å². The zero-order valence-corrected chi connectivity index (χ0v) is 14.7. The highest BCUT2D eigenvalue weighted by atomic mass is 35.5. The fourth-order valence-corrected chi connectivity index (χ4v) is 3.08. The van der Waals surface area contributed by atoms with E-state index >= 15 is 0 Å². The summed E-state index contributed by atoms with van der Waals surface area (Å²) in [6.45, 7) is 4.29. The minimum Gasteiger partial charge on any atom is -0.493 e. The third-order valence-electron chi connectivity index (χ3n) is 4.45. The van der Waals surface area contributed by atoms with Crippen molar-refractivity contribution < 1.29 is 9.47 Å². The van der Waals surface area contributed by atoms with Gasteiger partial charge in [-0.2, -0.15) is 0 Å². The summed E-state index contributed by atoms with van der Waals surface area (Å²) in [5.74, 6) is 2.15. The summed E-state index contributed by atoms with van der Waals surface area (Å²) in [6.07, 6.45) is 4.78. The van der Waals surface area contributed by atoms with Gasteiger partial charge in [-0.15, -0.1) is 12.4 Å². The molecule has 2 atom stereocenters. The van der Waals surface area contributed by atoms with Crippen molar-refractivity contribution in [2.24, 2.45) is 11.7 Å². The molecular formula is C17H29ClN2O2. The standard InChI is InChI=1S/C17H28N2O2.ClH/c1-4-5-6-13-12-19(10-9-15(13)18)14-7-8-16(20-2)17(11-14)21-3;/h7-8,11,13,15H,4-6,9-10,12,18H2,1-3H3;1H. The van der Waals surface area contributed by atoms with Crippen molar-refractivity contribution in [1.29, 1.82) is 0 Å². The van der Waals surface area contributed by atoms with Gasteiger partial charge in [0.25, 0.3) is 0 Å². The molecule has 0 aliphatic carbocycles. The second-order valence-corrected chi connectivity index (χ2v) is 5.84. The molecule has 2 unspecified atom stereocenters. The quantitative estimate of drug-likeness (QED) is 0.868. The highest BCUT2D eigenvalue weighted by molar-refractivity contribution is 5.85. The summed E-state index contributed by atoms with van der Waals surface area (Å²) in [4.78, 5) is 2.42. The van der Waals surface area contributed by atoms with Gasteiger partial charge in [-0.3, -0.25) is 0 Å². The van der Waals surface area contributed by atoms with Gasteiger partial charge >= 0.3 is 0 Å². The number of methoxy groups -OCH3 is 2. The number of hydrogen-bond donors (Lipinski definition) is 1. The van der Waals surface area contributed by atoms with E-state index < -0.39 is 0 Å². The number of nitrogens with two attached hydrogens (primary N) is 1. The SMILES string of the molecule is CCCCC1CN(c2ccc(OC)c(OC)c2)CCC1N.Cl. The predicted molar refractivity (Wildman–Crippen MR) is 94.6 cm³/mol. The first-order valence-corrected chi connectivity index (χ1v) is 7.92. The van der Waals surface area contributed by atoms with Crippen LogP contribution in [0, 0.1) is 5.92 Å². The fourth-order valence-electron chi connectivity index (χ4n) is 3.08. The van der Waals surface area contributed by atoms with E-state index in [0.717, 1.165) is 31.0 Å². The predicted octanol–water partition coefficient (Wildman–Crippen LogP) is 3.47. The molecule has 5 heteroatoms. The number of halogens is 1.